The fourth-order valence-electron chi connectivity index (χ4n) is 3.08. The van der Waals surface area contributed by atoms with Gasteiger partial charge in [-0.25, -0.2) is 4.79 Å². The second-order valence-corrected chi connectivity index (χ2v) is 8.60. The van der Waals surface area contributed by atoms with E-state index in [9.17, 15) is 19.2 Å². The highest BCUT2D eigenvalue weighted by atomic mass is 16.5. The molecule has 33 heavy (non-hydrogen) atoms. The molecule has 9 heteroatoms. The fourth-order valence-corrected chi connectivity index (χ4v) is 3.08. The minimum atomic E-state index is -0.874. The molecule has 0 aliphatic rings. The Bertz CT molecular complexity index is 767. The molecule has 0 aliphatic carbocycles. The molecular weight excluding hydrogens is 426 g/mol. The lowest BCUT2D eigenvalue weighted by atomic mass is 10.00. The number of benzene rings is 1. The van der Waals surface area contributed by atoms with Crippen LogP contribution in [0.2, 0.25) is 0 Å². The zero-order chi connectivity index (χ0) is 24.8. The SMILES string of the molecule is CCOC(=O)CNC(=O)[C@@H](CC(C)C)NC(=O)[C@H](CC(C)C)NC(=O)OCc1ccccc1. The number of hydrogen-bond donors (Lipinski definition) is 3. The van der Waals surface area contributed by atoms with Crippen LogP contribution >= 0.6 is 0 Å². The van der Waals surface area contributed by atoms with Gasteiger partial charge >= 0.3 is 12.1 Å². The van der Waals surface area contributed by atoms with E-state index in [-0.39, 0.29) is 31.6 Å². The van der Waals surface area contributed by atoms with Crippen molar-refractivity contribution in [2.75, 3.05) is 13.2 Å². The molecule has 3 amide bonds. The number of carbonyl (C=O) groups excluding carboxylic acids is 4. The highest BCUT2D eigenvalue weighted by Gasteiger charge is 2.28. The lowest BCUT2D eigenvalue weighted by Gasteiger charge is -2.25. The number of ether oxygens (including phenoxy) is 2. The van der Waals surface area contributed by atoms with E-state index in [0.29, 0.717) is 12.8 Å². The van der Waals surface area contributed by atoms with Crippen LogP contribution in [0.25, 0.3) is 0 Å². The Morgan fingerprint density at radius 1 is 0.818 bits per heavy atom. The first kappa shape index (κ1) is 27.9. The van der Waals surface area contributed by atoms with Crippen LogP contribution in [0.1, 0.15) is 53.0 Å². The minimum Gasteiger partial charge on any atom is -0.465 e. The van der Waals surface area contributed by atoms with Crippen molar-refractivity contribution in [1.82, 2.24) is 16.0 Å². The summed E-state index contributed by atoms with van der Waals surface area (Å²) in [5.41, 5.74) is 0.827. The van der Waals surface area contributed by atoms with Crippen molar-refractivity contribution in [2.24, 2.45) is 11.8 Å². The van der Waals surface area contributed by atoms with Crippen molar-refractivity contribution in [3.05, 3.63) is 35.9 Å². The van der Waals surface area contributed by atoms with Crippen molar-refractivity contribution in [1.29, 1.82) is 0 Å². The van der Waals surface area contributed by atoms with Crippen LogP contribution in [0.4, 0.5) is 4.79 Å². The van der Waals surface area contributed by atoms with E-state index in [1.54, 1.807) is 6.92 Å². The predicted octanol–water partition coefficient (Wildman–Crippen LogP) is 2.54. The smallest absolute Gasteiger partial charge is 0.408 e. The van der Waals surface area contributed by atoms with Gasteiger partial charge in [-0.2, -0.15) is 0 Å². The summed E-state index contributed by atoms with van der Waals surface area (Å²) in [5, 5.41) is 7.82. The maximum absolute atomic E-state index is 13.0. The number of esters is 1. The minimum absolute atomic E-state index is 0.0783. The molecule has 0 radical (unpaired) electrons. The molecule has 0 unspecified atom stereocenters. The lowest BCUT2D eigenvalue weighted by Crippen LogP contribution is -2.54. The number of rotatable bonds is 13. The van der Waals surface area contributed by atoms with E-state index in [2.05, 4.69) is 16.0 Å². The highest BCUT2D eigenvalue weighted by molar-refractivity contribution is 5.92. The van der Waals surface area contributed by atoms with Crippen LogP contribution < -0.4 is 16.0 Å². The van der Waals surface area contributed by atoms with Gasteiger partial charge in [0, 0.05) is 0 Å². The standard InChI is InChI=1S/C24H37N3O6/c1-6-32-21(28)14-25-22(29)19(12-16(2)3)26-23(30)20(13-17(4)5)27-24(31)33-15-18-10-8-7-9-11-18/h7-11,16-17,19-20H,6,12-15H2,1-5H3,(H,25,29)(H,26,30)(H,27,31)/t19-,20+/m1/s1. The predicted molar refractivity (Wildman–Crippen MR) is 124 cm³/mol. The number of carbonyl (C=O) groups is 4. The summed E-state index contributed by atoms with van der Waals surface area (Å²) in [6, 6.07) is 7.47. The van der Waals surface area contributed by atoms with Gasteiger partial charge in [0.25, 0.3) is 0 Å². The molecule has 1 aromatic carbocycles. The first-order valence-electron chi connectivity index (χ1n) is 11.3. The zero-order valence-electron chi connectivity index (χ0n) is 20.2. The molecule has 0 aromatic heterocycles. The molecule has 0 aliphatic heterocycles. The van der Waals surface area contributed by atoms with Gasteiger partial charge in [0.05, 0.1) is 6.61 Å². The van der Waals surface area contributed by atoms with E-state index in [1.807, 2.05) is 58.0 Å². The molecule has 0 saturated heterocycles. The number of amides is 3. The Hall–Kier alpha value is -3.10. The van der Waals surface area contributed by atoms with Crippen molar-refractivity contribution in [3.8, 4) is 0 Å². The largest absolute Gasteiger partial charge is 0.465 e. The van der Waals surface area contributed by atoms with E-state index < -0.39 is 36.0 Å². The molecule has 184 valence electrons. The number of nitrogens with one attached hydrogen (secondary N) is 3. The molecule has 2 atom stereocenters. The van der Waals surface area contributed by atoms with Crippen molar-refractivity contribution >= 4 is 23.9 Å². The van der Waals surface area contributed by atoms with E-state index >= 15 is 0 Å². The van der Waals surface area contributed by atoms with Crippen molar-refractivity contribution in [3.63, 3.8) is 0 Å². The van der Waals surface area contributed by atoms with E-state index in [4.69, 9.17) is 9.47 Å². The topological polar surface area (TPSA) is 123 Å². The Morgan fingerprint density at radius 3 is 1.94 bits per heavy atom. The average Bonchev–Trinajstić information content (AvgIpc) is 2.75. The van der Waals surface area contributed by atoms with Gasteiger partial charge in [-0.1, -0.05) is 58.0 Å². The quantitative estimate of drug-likeness (QED) is 0.386. The average molecular weight is 464 g/mol. The normalized spacial score (nSPS) is 12.6. The second kappa shape index (κ2) is 14.9. The van der Waals surface area contributed by atoms with E-state index in [1.165, 1.54) is 0 Å². The Kier molecular flexibility index (Phi) is 12.6. The van der Waals surface area contributed by atoms with Crippen molar-refractivity contribution < 1.29 is 28.7 Å². The molecule has 0 saturated carbocycles. The Morgan fingerprint density at radius 2 is 1.39 bits per heavy atom. The highest BCUT2D eigenvalue weighted by Crippen LogP contribution is 2.10. The van der Waals surface area contributed by atoms with E-state index in [0.717, 1.165) is 5.56 Å². The van der Waals surface area contributed by atoms with Gasteiger partial charge in [-0.15, -0.1) is 0 Å². The second-order valence-electron chi connectivity index (χ2n) is 8.60. The summed E-state index contributed by atoms with van der Waals surface area (Å²) in [6.07, 6.45) is 0.0186. The summed E-state index contributed by atoms with van der Waals surface area (Å²) in [6.45, 7) is 9.37. The zero-order valence-corrected chi connectivity index (χ0v) is 20.2. The van der Waals surface area contributed by atoms with Crippen LogP contribution in [0.5, 0.6) is 0 Å². The molecule has 0 heterocycles. The monoisotopic (exact) mass is 463 g/mol. The van der Waals surface area contributed by atoms with Gasteiger partial charge in [0.15, 0.2) is 0 Å². The summed E-state index contributed by atoms with van der Waals surface area (Å²) in [4.78, 5) is 49.4. The number of alkyl carbamates (subject to hydrolysis) is 1. The van der Waals surface area contributed by atoms with Crippen LogP contribution in [0.3, 0.4) is 0 Å². The molecule has 1 aromatic rings. The summed E-state index contributed by atoms with van der Waals surface area (Å²) >= 11 is 0. The third kappa shape index (κ3) is 11.9. The first-order valence-corrected chi connectivity index (χ1v) is 11.3. The first-order chi connectivity index (χ1) is 15.6. The van der Waals surface area contributed by atoms with Gasteiger partial charge < -0.3 is 25.4 Å². The molecule has 0 fully saturated rings. The Labute approximate surface area is 196 Å². The van der Waals surface area contributed by atoms with Crippen LogP contribution in [-0.2, 0) is 30.5 Å². The molecular formula is C24H37N3O6. The number of hydrogen-bond acceptors (Lipinski definition) is 6. The maximum Gasteiger partial charge on any atom is 0.408 e. The van der Waals surface area contributed by atoms with Crippen LogP contribution in [-0.4, -0.2) is 49.1 Å². The molecule has 0 spiro atoms. The van der Waals surface area contributed by atoms with Gasteiger partial charge in [-0.05, 0) is 37.2 Å². The van der Waals surface area contributed by atoms with Gasteiger partial charge in [0.2, 0.25) is 11.8 Å². The van der Waals surface area contributed by atoms with Crippen LogP contribution in [0, 0.1) is 11.8 Å². The lowest BCUT2D eigenvalue weighted by molar-refractivity contribution is -0.143. The summed E-state index contributed by atoms with van der Waals surface area (Å²) in [7, 11) is 0. The van der Waals surface area contributed by atoms with Crippen molar-refractivity contribution in [2.45, 2.75) is 66.2 Å². The molecule has 0 bridgehead atoms. The summed E-state index contributed by atoms with van der Waals surface area (Å²) < 4.78 is 10.0. The molecule has 1 rings (SSSR count). The third-order valence-corrected chi connectivity index (χ3v) is 4.58. The molecule has 3 N–H and O–H groups in total. The van der Waals surface area contributed by atoms with Gasteiger partial charge in [-0.3, -0.25) is 14.4 Å². The Balaban J connectivity index is 2.76. The summed E-state index contributed by atoms with van der Waals surface area (Å²) in [5.74, 6) is -1.31. The third-order valence-electron chi connectivity index (χ3n) is 4.58. The van der Waals surface area contributed by atoms with Crippen LogP contribution in [0.15, 0.2) is 30.3 Å². The fraction of sp³-hybridized carbons (Fsp3) is 0.583. The van der Waals surface area contributed by atoms with Gasteiger partial charge in [0.1, 0.15) is 25.2 Å². The maximum atomic E-state index is 13.0. The molecule has 9 nitrogen and oxygen atoms in total.